The number of imidazole rings is 1. The minimum absolute atomic E-state index is 0.360. The first-order chi connectivity index (χ1) is 8.72. The lowest BCUT2D eigenvalue weighted by molar-refractivity contribution is 0.159. The van der Waals surface area contributed by atoms with Crippen molar-refractivity contribution in [3.63, 3.8) is 0 Å². The lowest BCUT2D eigenvalue weighted by Crippen LogP contribution is -2.04. The summed E-state index contributed by atoms with van der Waals surface area (Å²) < 4.78 is 1.63. The van der Waals surface area contributed by atoms with Crippen LogP contribution < -0.4 is 5.73 Å². The molecule has 0 aliphatic carbocycles. The summed E-state index contributed by atoms with van der Waals surface area (Å²) in [6.07, 6.45) is 2.15. The number of para-hydroxylation sites is 1. The van der Waals surface area contributed by atoms with Gasteiger partial charge in [-0.1, -0.05) is 24.8 Å². The Morgan fingerprint density at radius 1 is 1.39 bits per heavy atom. The Labute approximate surface area is 103 Å². The topological polar surface area (TPSA) is 77.0 Å². The highest BCUT2D eigenvalue weighted by atomic mass is 16.3. The van der Waals surface area contributed by atoms with E-state index >= 15 is 0 Å². The number of rotatable bonds is 2. The van der Waals surface area contributed by atoms with Crippen molar-refractivity contribution in [2.45, 2.75) is 6.23 Å². The summed E-state index contributed by atoms with van der Waals surface area (Å²) in [4.78, 5) is 8.50. The van der Waals surface area contributed by atoms with E-state index in [2.05, 4.69) is 16.5 Å². The van der Waals surface area contributed by atoms with E-state index in [0.29, 0.717) is 11.3 Å². The molecule has 5 heteroatoms. The van der Waals surface area contributed by atoms with Gasteiger partial charge in [-0.3, -0.25) is 4.57 Å². The van der Waals surface area contributed by atoms with Gasteiger partial charge in [0.2, 0.25) is 0 Å². The fourth-order valence-corrected chi connectivity index (χ4v) is 2.08. The van der Waals surface area contributed by atoms with Gasteiger partial charge in [0.05, 0.1) is 17.4 Å². The zero-order chi connectivity index (χ0) is 12.7. The van der Waals surface area contributed by atoms with Gasteiger partial charge in [0.25, 0.3) is 0 Å². The molecule has 3 N–H and O–H groups in total. The highest BCUT2D eigenvalue weighted by molar-refractivity contribution is 6.06. The van der Waals surface area contributed by atoms with Crippen LogP contribution in [0.15, 0.2) is 43.2 Å². The Hall–Kier alpha value is -2.40. The maximum Gasteiger partial charge on any atom is 0.152 e. The number of fused-ring (bicyclic) bond motifs is 3. The Kier molecular flexibility index (Phi) is 2.28. The summed E-state index contributed by atoms with van der Waals surface area (Å²) in [5, 5.41) is 10.8. The number of hydrogen-bond acceptors (Lipinski definition) is 4. The number of nitrogens with zero attached hydrogens (tertiary/aromatic N) is 3. The molecule has 1 atom stereocenters. The van der Waals surface area contributed by atoms with Crippen molar-refractivity contribution in [1.29, 1.82) is 0 Å². The van der Waals surface area contributed by atoms with E-state index in [0.717, 1.165) is 16.4 Å². The molecule has 90 valence electrons. The van der Waals surface area contributed by atoms with Crippen molar-refractivity contribution >= 4 is 27.8 Å². The van der Waals surface area contributed by atoms with E-state index in [9.17, 15) is 5.11 Å². The minimum Gasteiger partial charge on any atom is -0.382 e. The largest absolute Gasteiger partial charge is 0.382 e. The highest BCUT2D eigenvalue weighted by Crippen LogP contribution is 2.28. The molecule has 1 aromatic carbocycles. The molecule has 0 bridgehead atoms. The summed E-state index contributed by atoms with van der Waals surface area (Å²) in [7, 11) is 0. The second-order valence-electron chi connectivity index (χ2n) is 4.01. The van der Waals surface area contributed by atoms with Crippen LogP contribution in [0.3, 0.4) is 0 Å². The molecule has 3 aromatic rings. The van der Waals surface area contributed by atoms with Crippen LogP contribution in [0, 0.1) is 0 Å². The molecule has 2 aromatic heterocycles. The van der Waals surface area contributed by atoms with Crippen LogP contribution >= 0.6 is 0 Å². The molecule has 0 saturated carbocycles. The van der Waals surface area contributed by atoms with Crippen LogP contribution in [0.2, 0.25) is 0 Å². The maximum atomic E-state index is 9.91. The van der Waals surface area contributed by atoms with E-state index in [1.165, 1.54) is 6.08 Å². The average Bonchev–Trinajstić information content (AvgIpc) is 2.83. The van der Waals surface area contributed by atoms with Crippen LogP contribution in [-0.2, 0) is 0 Å². The standard InChI is InChI=1S/C13H12N4O/c1-2-10(18)17-7-15-11-12(17)8-5-3-4-6-9(8)16-13(11)14/h2-7,10,18H,1H2,(H2,14,16). The van der Waals surface area contributed by atoms with E-state index < -0.39 is 6.23 Å². The van der Waals surface area contributed by atoms with Crippen molar-refractivity contribution in [2.75, 3.05) is 5.73 Å². The van der Waals surface area contributed by atoms with Crippen molar-refractivity contribution in [1.82, 2.24) is 14.5 Å². The van der Waals surface area contributed by atoms with Crippen LogP contribution in [0.25, 0.3) is 21.9 Å². The van der Waals surface area contributed by atoms with Gasteiger partial charge in [-0.25, -0.2) is 9.97 Å². The van der Waals surface area contributed by atoms with Crippen molar-refractivity contribution in [3.05, 3.63) is 43.2 Å². The van der Waals surface area contributed by atoms with Gasteiger partial charge < -0.3 is 10.8 Å². The molecular weight excluding hydrogens is 228 g/mol. The zero-order valence-electron chi connectivity index (χ0n) is 9.61. The molecule has 0 spiro atoms. The molecule has 18 heavy (non-hydrogen) atoms. The molecule has 5 nitrogen and oxygen atoms in total. The van der Waals surface area contributed by atoms with E-state index in [-0.39, 0.29) is 0 Å². The SMILES string of the molecule is C=CC(O)n1cnc2c(N)nc3ccccc3c21. The number of anilines is 1. The van der Waals surface area contributed by atoms with Gasteiger partial charge in [-0.15, -0.1) is 0 Å². The zero-order valence-corrected chi connectivity index (χ0v) is 9.61. The monoisotopic (exact) mass is 240 g/mol. The molecule has 0 radical (unpaired) electrons. The Bertz CT molecular complexity index is 747. The molecule has 0 fully saturated rings. The third-order valence-electron chi connectivity index (χ3n) is 2.93. The summed E-state index contributed by atoms with van der Waals surface area (Å²) >= 11 is 0. The quantitative estimate of drug-likeness (QED) is 0.670. The lowest BCUT2D eigenvalue weighted by Gasteiger charge is -2.10. The first-order valence-electron chi connectivity index (χ1n) is 5.53. The van der Waals surface area contributed by atoms with Crippen molar-refractivity contribution in [3.8, 4) is 0 Å². The van der Waals surface area contributed by atoms with Gasteiger partial charge in [0.1, 0.15) is 5.52 Å². The second kappa shape index (κ2) is 3.82. The Balaban J connectivity index is 2.51. The van der Waals surface area contributed by atoms with Gasteiger partial charge in [-0.2, -0.15) is 0 Å². The average molecular weight is 240 g/mol. The lowest BCUT2D eigenvalue weighted by atomic mass is 10.2. The second-order valence-corrected chi connectivity index (χ2v) is 4.01. The molecule has 2 heterocycles. The van der Waals surface area contributed by atoms with Crippen LogP contribution in [0.1, 0.15) is 6.23 Å². The van der Waals surface area contributed by atoms with Crippen molar-refractivity contribution < 1.29 is 5.11 Å². The first kappa shape index (κ1) is 10.7. The molecule has 0 aliphatic rings. The normalized spacial score (nSPS) is 12.9. The molecule has 0 amide bonds. The van der Waals surface area contributed by atoms with E-state index in [4.69, 9.17) is 5.73 Å². The molecule has 1 unspecified atom stereocenters. The number of aliphatic hydroxyl groups is 1. The van der Waals surface area contributed by atoms with E-state index in [1.54, 1.807) is 10.9 Å². The van der Waals surface area contributed by atoms with Gasteiger partial charge in [0.15, 0.2) is 12.0 Å². The van der Waals surface area contributed by atoms with Gasteiger partial charge >= 0.3 is 0 Å². The number of aliphatic hydroxyl groups excluding tert-OH is 1. The third kappa shape index (κ3) is 1.38. The number of aromatic nitrogens is 3. The van der Waals surface area contributed by atoms with Crippen LogP contribution in [-0.4, -0.2) is 19.6 Å². The molecular formula is C13H12N4O. The minimum atomic E-state index is -0.833. The fraction of sp³-hybridized carbons (Fsp3) is 0.0769. The number of pyridine rings is 1. The summed E-state index contributed by atoms with van der Waals surface area (Å²) in [6.45, 7) is 3.58. The highest BCUT2D eigenvalue weighted by Gasteiger charge is 2.14. The van der Waals surface area contributed by atoms with Gasteiger partial charge in [-0.05, 0) is 12.1 Å². The number of benzene rings is 1. The number of hydrogen-bond donors (Lipinski definition) is 2. The maximum absolute atomic E-state index is 9.91. The Morgan fingerprint density at radius 3 is 2.94 bits per heavy atom. The predicted molar refractivity (Wildman–Crippen MR) is 70.9 cm³/mol. The summed E-state index contributed by atoms with van der Waals surface area (Å²) in [6, 6.07) is 7.61. The van der Waals surface area contributed by atoms with Crippen molar-refractivity contribution in [2.24, 2.45) is 0 Å². The molecule has 3 rings (SSSR count). The Morgan fingerprint density at radius 2 is 2.17 bits per heavy atom. The number of nitrogen functional groups attached to an aromatic ring is 1. The smallest absolute Gasteiger partial charge is 0.152 e. The van der Waals surface area contributed by atoms with Crippen LogP contribution in [0.4, 0.5) is 5.82 Å². The van der Waals surface area contributed by atoms with Crippen LogP contribution in [0.5, 0.6) is 0 Å². The molecule has 0 aliphatic heterocycles. The first-order valence-corrected chi connectivity index (χ1v) is 5.53. The van der Waals surface area contributed by atoms with Gasteiger partial charge in [0, 0.05) is 5.39 Å². The third-order valence-corrected chi connectivity index (χ3v) is 2.93. The fourth-order valence-electron chi connectivity index (χ4n) is 2.08. The molecule has 0 saturated heterocycles. The number of nitrogens with two attached hydrogens (primary N) is 1. The summed E-state index contributed by atoms with van der Waals surface area (Å²) in [5.41, 5.74) is 8.02. The van der Waals surface area contributed by atoms with E-state index in [1.807, 2.05) is 24.3 Å². The predicted octanol–water partition coefficient (Wildman–Crippen LogP) is 1.84. The summed E-state index contributed by atoms with van der Waals surface area (Å²) in [5.74, 6) is 0.360.